The Morgan fingerprint density at radius 3 is 2.89 bits per heavy atom. The molecule has 0 saturated carbocycles. The maximum atomic E-state index is 11.7. The number of rotatable bonds is 3. The van der Waals surface area contributed by atoms with Crippen molar-refractivity contribution in [1.29, 1.82) is 0 Å². The molecule has 0 bridgehead atoms. The highest BCUT2D eigenvalue weighted by atomic mass is 16.5. The van der Waals surface area contributed by atoms with E-state index in [4.69, 9.17) is 0 Å². The summed E-state index contributed by atoms with van der Waals surface area (Å²) >= 11 is 0. The van der Waals surface area contributed by atoms with Gasteiger partial charge in [0.1, 0.15) is 11.7 Å². The maximum Gasteiger partial charge on any atom is 0.317 e. The number of ketones is 1. The van der Waals surface area contributed by atoms with Crippen LogP contribution in [0.5, 0.6) is 0 Å². The summed E-state index contributed by atoms with van der Waals surface area (Å²) in [6, 6.07) is 3.87. The van der Waals surface area contributed by atoms with Crippen molar-refractivity contribution in [3.05, 3.63) is 30.1 Å². The Morgan fingerprint density at radius 1 is 1.50 bits per heavy atom. The molecule has 96 valence electrons. The Kier molecular flexibility index (Phi) is 4.04. The van der Waals surface area contributed by atoms with E-state index in [0.717, 1.165) is 12.1 Å². The molecule has 0 aromatic carbocycles. The number of likely N-dealkylation sites (tertiary alicyclic amines) is 1. The summed E-state index contributed by atoms with van der Waals surface area (Å²) in [6.45, 7) is 1.85. The van der Waals surface area contributed by atoms with Gasteiger partial charge in [0.25, 0.3) is 0 Å². The number of carbonyl (C=O) groups excluding carboxylic acids is 2. The molecule has 1 unspecified atom stereocenters. The predicted molar refractivity (Wildman–Crippen MR) is 64.6 cm³/mol. The van der Waals surface area contributed by atoms with Crippen molar-refractivity contribution in [3.8, 4) is 0 Å². The molecular weight excluding hydrogens is 232 g/mol. The first kappa shape index (κ1) is 12.7. The first-order valence-corrected chi connectivity index (χ1v) is 5.92. The van der Waals surface area contributed by atoms with Crippen LogP contribution in [0.15, 0.2) is 24.5 Å². The number of esters is 1. The summed E-state index contributed by atoms with van der Waals surface area (Å²) in [5.74, 6) is -1.09. The van der Waals surface area contributed by atoms with Gasteiger partial charge in [0.15, 0.2) is 0 Å². The summed E-state index contributed by atoms with van der Waals surface area (Å²) in [7, 11) is 1.32. The second-order valence-corrected chi connectivity index (χ2v) is 4.38. The normalized spacial score (nSPS) is 20.7. The maximum absolute atomic E-state index is 11.7. The molecule has 1 aliphatic heterocycles. The average molecular weight is 248 g/mol. The number of Topliss-reactive ketones (excluding diaryl/α,β-unsaturated/α-hetero) is 1. The number of aromatic nitrogens is 1. The van der Waals surface area contributed by atoms with Gasteiger partial charge in [-0.2, -0.15) is 0 Å². The van der Waals surface area contributed by atoms with Gasteiger partial charge in [0, 0.05) is 38.4 Å². The van der Waals surface area contributed by atoms with Crippen LogP contribution in [-0.2, 0) is 20.9 Å². The number of hydrogen-bond acceptors (Lipinski definition) is 5. The lowest BCUT2D eigenvalue weighted by Crippen LogP contribution is -2.44. The van der Waals surface area contributed by atoms with Crippen LogP contribution in [0, 0.1) is 5.92 Å². The van der Waals surface area contributed by atoms with E-state index < -0.39 is 11.9 Å². The fourth-order valence-corrected chi connectivity index (χ4v) is 2.13. The summed E-state index contributed by atoms with van der Waals surface area (Å²) in [6.07, 6.45) is 3.88. The first-order chi connectivity index (χ1) is 8.70. The molecular formula is C13H16N2O3. The Bertz CT molecular complexity index is 425. The molecule has 0 radical (unpaired) electrons. The van der Waals surface area contributed by atoms with Crippen molar-refractivity contribution in [2.45, 2.75) is 13.0 Å². The van der Waals surface area contributed by atoms with Crippen molar-refractivity contribution < 1.29 is 14.3 Å². The zero-order valence-corrected chi connectivity index (χ0v) is 10.3. The van der Waals surface area contributed by atoms with E-state index in [2.05, 4.69) is 14.6 Å². The molecule has 1 atom stereocenters. The monoisotopic (exact) mass is 248 g/mol. The summed E-state index contributed by atoms with van der Waals surface area (Å²) < 4.78 is 4.66. The van der Waals surface area contributed by atoms with Crippen LogP contribution < -0.4 is 0 Å². The van der Waals surface area contributed by atoms with Gasteiger partial charge in [-0.05, 0) is 17.7 Å². The van der Waals surface area contributed by atoms with Gasteiger partial charge in [-0.25, -0.2) is 0 Å². The largest absolute Gasteiger partial charge is 0.468 e. The molecule has 1 aliphatic rings. The minimum absolute atomic E-state index is 0.0205. The van der Waals surface area contributed by atoms with E-state index >= 15 is 0 Å². The van der Waals surface area contributed by atoms with Crippen LogP contribution in [0.25, 0.3) is 0 Å². The van der Waals surface area contributed by atoms with Crippen LogP contribution in [0.1, 0.15) is 12.0 Å². The zero-order valence-electron chi connectivity index (χ0n) is 10.3. The van der Waals surface area contributed by atoms with E-state index in [1.807, 2.05) is 12.1 Å². The number of piperidine rings is 1. The van der Waals surface area contributed by atoms with Crippen LogP contribution in [-0.4, -0.2) is 41.8 Å². The van der Waals surface area contributed by atoms with Crippen LogP contribution in [0.4, 0.5) is 0 Å². The van der Waals surface area contributed by atoms with Gasteiger partial charge in [0.2, 0.25) is 0 Å². The highest BCUT2D eigenvalue weighted by Gasteiger charge is 2.33. The molecule has 2 heterocycles. The van der Waals surface area contributed by atoms with Gasteiger partial charge in [-0.1, -0.05) is 0 Å². The SMILES string of the molecule is COC(=O)C1CN(Cc2ccncc2)CCC1=O. The van der Waals surface area contributed by atoms with Gasteiger partial charge in [0.05, 0.1) is 7.11 Å². The lowest BCUT2D eigenvalue weighted by molar-refractivity contribution is -0.152. The minimum Gasteiger partial charge on any atom is -0.468 e. The Balaban J connectivity index is 1.99. The molecule has 0 spiro atoms. The molecule has 1 aromatic heterocycles. The van der Waals surface area contributed by atoms with Gasteiger partial charge < -0.3 is 4.74 Å². The van der Waals surface area contributed by atoms with Crippen molar-refractivity contribution in [2.75, 3.05) is 20.2 Å². The van der Waals surface area contributed by atoms with Crippen molar-refractivity contribution >= 4 is 11.8 Å². The predicted octanol–water partition coefficient (Wildman–Crippen LogP) is 0.646. The molecule has 18 heavy (non-hydrogen) atoms. The second-order valence-electron chi connectivity index (χ2n) is 4.38. The van der Waals surface area contributed by atoms with E-state index in [9.17, 15) is 9.59 Å². The molecule has 5 heteroatoms. The van der Waals surface area contributed by atoms with Crippen LogP contribution in [0.3, 0.4) is 0 Å². The molecule has 1 aromatic rings. The highest BCUT2D eigenvalue weighted by molar-refractivity contribution is 5.99. The minimum atomic E-state index is -0.634. The van der Waals surface area contributed by atoms with E-state index in [1.54, 1.807) is 12.4 Å². The molecule has 1 saturated heterocycles. The zero-order chi connectivity index (χ0) is 13.0. The van der Waals surface area contributed by atoms with Crippen LogP contribution in [0.2, 0.25) is 0 Å². The summed E-state index contributed by atoms with van der Waals surface area (Å²) in [4.78, 5) is 29.2. The van der Waals surface area contributed by atoms with E-state index in [1.165, 1.54) is 7.11 Å². The molecule has 0 aliphatic carbocycles. The molecule has 0 N–H and O–H groups in total. The Hall–Kier alpha value is -1.75. The fourth-order valence-electron chi connectivity index (χ4n) is 2.13. The smallest absolute Gasteiger partial charge is 0.317 e. The third-order valence-corrected chi connectivity index (χ3v) is 3.15. The lowest BCUT2D eigenvalue weighted by atomic mass is 9.96. The quantitative estimate of drug-likeness (QED) is 0.580. The molecule has 0 amide bonds. The topological polar surface area (TPSA) is 59.5 Å². The second kappa shape index (κ2) is 5.73. The number of ether oxygens (including phenoxy) is 1. The number of methoxy groups -OCH3 is 1. The standard InChI is InChI=1S/C13H16N2O3/c1-18-13(17)11-9-15(7-4-12(11)16)8-10-2-5-14-6-3-10/h2-3,5-6,11H,4,7-9H2,1H3. The number of pyridine rings is 1. The Morgan fingerprint density at radius 2 is 2.22 bits per heavy atom. The highest BCUT2D eigenvalue weighted by Crippen LogP contribution is 2.16. The fraction of sp³-hybridized carbons (Fsp3) is 0.462. The average Bonchev–Trinajstić information content (AvgIpc) is 2.41. The summed E-state index contributed by atoms with van der Waals surface area (Å²) in [5, 5.41) is 0. The van der Waals surface area contributed by atoms with Crippen molar-refractivity contribution in [1.82, 2.24) is 9.88 Å². The number of hydrogen-bond donors (Lipinski definition) is 0. The van der Waals surface area contributed by atoms with Crippen molar-refractivity contribution in [3.63, 3.8) is 0 Å². The third-order valence-electron chi connectivity index (χ3n) is 3.15. The van der Waals surface area contributed by atoms with Gasteiger partial charge in [-0.3, -0.25) is 19.5 Å². The lowest BCUT2D eigenvalue weighted by Gasteiger charge is -2.30. The third kappa shape index (κ3) is 2.92. The Labute approximate surface area is 106 Å². The molecule has 5 nitrogen and oxygen atoms in total. The molecule has 1 fully saturated rings. The number of carbonyl (C=O) groups is 2. The number of nitrogens with zero attached hydrogens (tertiary/aromatic N) is 2. The molecule has 2 rings (SSSR count). The summed E-state index contributed by atoms with van der Waals surface area (Å²) in [5.41, 5.74) is 1.13. The van der Waals surface area contributed by atoms with Crippen molar-refractivity contribution in [2.24, 2.45) is 5.92 Å². The van der Waals surface area contributed by atoms with Gasteiger partial charge >= 0.3 is 5.97 Å². The van der Waals surface area contributed by atoms with Gasteiger partial charge in [-0.15, -0.1) is 0 Å². The van der Waals surface area contributed by atoms with Crippen LogP contribution >= 0.6 is 0 Å². The van der Waals surface area contributed by atoms with E-state index in [-0.39, 0.29) is 5.78 Å². The van der Waals surface area contributed by atoms with E-state index in [0.29, 0.717) is 19.5 Å². The first-order valence-electron chi connectivity index (χ1n) is 5.92.